The third-order valence-corrected chi connectivity index (χ3v) is 32.1. The second-order valence-corrected chi connectivity index (χ2v) is 53.8. The average molecular weight is 1740 g/mol. The van der Waals surface area contributed by atoms with E-state index in [9.17, 15) is 0 Å². The van der Waals surface area contributed by atoms with Crippen LogP contribution in [0.15, 0.2) is 395 Å². The lowest BCUT2D eigenvalue weighted by molar-refractivity contribution is 0.665. The first-order valence-corrected chi connectivity index (χ1v) is 56.3. The van der Waals surface area contributed by atoms with Gasteiger partial charge in [-0.1, -0.05) is 418 Å². The van der Waals surface area contributed by atoms with Gasteiger partial charge in [0.15, 0.2) is 0 Å². The molecule has 8 heteroatoms. The summed E-state index contributed by atoms with van der Waals surface area (Å²) in [4.78, 5) is 0. The van der Waals surface area contributed by atoms with Crippen LogP contribution in [0.4, 0.5) is 0 Å². The van der Waals surface area contributed by atoms with E-state index in [2.05, 4.69) is 442 Å². The average Bonchev–Trinajstić information content (AvgIpc) is 1.67. The molecule has 0 fully saturated rings. The molecule has 3 nitrogen and oxygen atoms in total. The van der Waals surface area contributed by atoms with Gasteiger partial charge in [-0.25, -0.2) is 0 Å². The summed E-state index contributed by atoms with van der Waals surface area (Å²) in [6.45, 7) is 38.8. The SMILES string of the molecule is Cc1cc(-c2ccccc2)cc([Si](C)(C)C)c1.Cc1ccc(-c2ccc3oc4ccccc4c3c2)cc1.Cc1ccc(-c2ccccc2)cc1[Si](C)(C)C.Cc1ccc([Si](C)(C)C)cc1-c1ccccc1.Cc1ccc2oc3ccccc3c2c1.Cc1ccc2sc3ccccc3c2c1.Cc1cccc2c1oc1ccccc12.Cc1cccc2c1sc1ccccc12. The van der Waals surface area contributed by atoms with Gasteiger partial charge in [0.2, 0.25) is 0 Å². The maximum absolute atomic E-state index is 5.86. The Bertz CT molecular complexity index is 7290. The second kappa shape index (κ2) is 39.4. The molecule has 0 aliphatic rings. The minimum atomic E-state index is -1.24. The van der Waals surface area contributed by atoms with Gasteiger partial charge in [-0.2, -0.15) is 0 Å². The number of furan rings is 3. The van der Waals surface area contributed by atoms with Crippen LogP contribution < -0.4 is 15.6 Å². The number of hydrogen-bond acceptors (Lipinski definition) is 5. The molecule has 0 atom stereocenters. The summed E-state index contributed by atoms with van der Waals surface area (Å²) in [5.41, 5.74) is 26.9. The molecular formula is C119H114O3S2Si3. The molecule has 22 rings (SSSR count). The quantitative estimate of drug-likeness (QED) is 0.149. The van der Waals surface area contributed by atoms with Gasteiger partial charge in [0, 0.05) is 72.7 Å². The first kappa shape index (κ1) is 89.1. The lowest BCUT2D eigenvalue weighted by atomic mass is 10.0. The van der Waals surface area contributed by atoms with Crippen LogP contribution in [0.25, 0.3) is 151 Å². The zero-order chi connectivity index (χ0) is 89.1. The fourth-order valence-corrected chi connectivity index (χ4v) is 22.9. The van der Waals surface area contributed by atoms with E-state index in [1.165, 1.54) is 172 Å². The highest BCUT2D eigenvalue weighted by molar-refractivity contribution is 7.26. The Kier molecular flexibility index (Phi) is 27.6. The van der Waals surface area contributed by atoms with Crippen LogP contribution in [0.3, 0.4) is 0 Å². The minimum Gasteiger partial charge on any atom is -0.456 e. The van der Waals surface area contributed by atoms with Crippen LogP contribution in [-0.4, -0.2) is 24.2 Å². The van der Waals surface area contributed by atoms with E-state index in [0.717, 1.165) is 33.5 Å². The molecule has 0 spiro atoms. The molecule has 0 N–H and O–H groups in total. The molecule has 0 bridgehead atoms. The normalized spacial score (nSPS) is 11.3. The monoisotopic (exact) mass is 1740 g/mol. The van der Waals surface area contributed by atoms with Crippen molar-refractivity contribution in [3.8, 4) is 44.5 Å². The second-order valence-electron chi connectivity index (χ2n) is 36.5. The molecule has 0 unspecified atom stereocenters. The van der Waals surface area contributed by atoms with E-state index < -0.39 is 24.2 Å². The van der Waals surface area contributed by atoms with Crippen LogP contribution in [0.5, 0.6) is 0 Å². The van der Waals surface area contributed by atoms with Gasteiger partial charge in [0.05, 0.1) is 24.2 Å². The van der Waals surface area contributed by atoms with Crippen LogP contribution in [0.2, 0.25) is 58.9 Å². The highest BCUT2D eigenvalue weighted by Crippen LogP contribution is 2.39. The summed E-state index contributed by atoms with van der Waals surface area (Å²) in [6.07, 6.45) is 0. The lowest BCUT2D eigenvalue weighted by Gasteiger charge is -2.20. The maximum atomic E-state index is 5.86. The van der Waals surface area contributed by atoms with Crippen molar-refractivity contribution in [3.63, 3.8) is 0 Å². The number of benzene rings is 17. The third kappa shape index (κ3) is 21.5. The van der Waals surface area contributed by atoms with Crippen molar-refractivity contribution in [2.45, 2.75) is 114 Å². The highest BCUT2D eigenvalue weighted by Gasteiger charge is 2.22. The molecule has 0 aliphatic carbocycles. The van der Waals surface area contributed by atoms with Gasteiger partial charge in [0.25, 0.3) is 0 Å². The Morgan fingerprint density at radius 2 is 0.606 bits per heavy atom. The van der Waals surface area contributed by atoms with Crippen molar-refractivity contribution in [2.24, 2.45) is 0 Å². The van der Waals surface area contributed by atoms with E-state index >= 15 is 0 Å². The number of aryl methyl sites for hydroxylation is 8. The summed E-state index contributed by atoms with van der Waals surface area (Å²) < 4.78 is 22.9. The first-order valence-electron chi connectivity index (χ1n) is 44.1. The van der Waals surface area contributed by atoms with E-state index in [4.69, 9.17) is 13.3 Å². The fourth-order valence-electron chi connectivity index (χ4n) is 16.4. The van der Waals surface area contributed by atoms with E-state index in [1.54, 1.807) is 5.19 Å². The van der Waals surface area contributed by atoms with Crippen LogP contribution in [0, 0.1) is 55.4 Å². The Hall–Kier alpha value is -12.8. The molecule has 127 heavy (non-hydrogen) atoms. The molecular weight excluding hydrogens is 1630 g/mol. The Morgan fingerprint density at radius 1 is 0.197 bits per heavy atom. The van der Waals surface area contributed by atoms with Crippen LogP contribution in [0.1, 0.15) is 44.5 Å². The lowest BCUT2D eigenvalue weighted by Crippen LogP contribution is -2.39. The van der Waals surface area contributed by atoms with Gasteiger partial charge in [-0.05, 0) is 183 Å². The number of hydrogen-bond donors (Lipinski definition) is 0. The first-order chi connectivity index (χ1) is 61.1. The molecule has 0 saturated carbocycles. The molecule has 17 aromatic carbocycles. The standard InChI is InChI=1S/C19H14O.3C16H20Si.2C13H10O.2C13H10S/c1-13-6-8-14(9-7-13)15-10-11-19-17(12-15)16-4-2-3-5-18(16)20-19;1-13-10-15(14-8-6-5-7-9-14)12-16(11-13)17(2,3)4;1-13-10-11-15(17(2,3)4)12-16(13)14-8-6-5-7-9-14;1-13-10-11-15(12-16(13)17(2,3)4)14-8-6-5-7-9-14;1-9-5-4-7-11-10-6-2-3-8-12(10)14-13(9)11;1-9-6-7-13-11(8-9)10-4-2-3-5-12(10)14-13;1-9-5-4-7-11-10-6-2-3-8-12(10)14-13(9)11;1-9-6-7-13-11(8-9)10-4-2-3-5-12(10)14-13/h2-12H,1H3;3*5-12H,1-4H3;4*2-8H,1H3. The Labute approximate surface area is 761 Å². The number of fused-ring (bicyclic) bond motifs is 15. The molecule has 0 saturated heterocycles. The zero-order valence-electron chi connectivity index (χ0n) is 76.4. The van der Waals surface area contributed by atoms with Crippen LogP contribution in [-0.2, 0) is 0 Å². The predicted octanol–water partition coefficient (Wildman–Crippen LogP) is 34.7. The van der Waals surface area contributed by atoms with Crippen molar-refractivity contribution in [2.75, 3.05) is 0 Å². The fraction of sp³-hybridized carbons (Fsp3) is 0.143. The summed E-state index contributed by atoms with van der Waals surface area (Å²) in [5, 5.41) is 17.4. The molecule has 5 heterocycles. The van der Waals surface area contributed by atoms with E-state index in [0.29, 0.717) is 0 Å². The van der Waals surface area contributed by atoms with Gasteiger partial charge < -0.3 is 13.3 Å². The van der Waals surface area contributed by atoms with Gasteiger partial charge in [-0.15, -0.1) is 22.7 Å². The van der Waals surface area contributed by atoms with Crippen molar-refractivity contribution in [1.82, 2.24) is 0 Å². The summed E-state index contributed by atoms with van der Waals surface area (Å²) in [7, 11) is -3.69. The topological polar surface area (TPSA) is 39.4 Å². The van der Waals surface area contributed by atoms with Crippen LogP contribution >= 0.6 is 22.7 Å². The summed E-state index contributed by atoms with van der Waals surface area (Å²) >= 11 is 3.76. The van der Waals surface area contributed by atoms with E-state index in [-0.39, 0.29) is 0 Å². The van der Waals surface area contributed by atoms with Gasteiger partial charge in [0.1, 0.15) is 33.5 Å². The van der Waals surface area contributed by atoms with Crippen molar-refractivity contribution in [3.05, 3.63) is 427 Å². The Balaban J connectivity index is 0.000000112. The predicted molar refractivity (Wildman–Crippen MR) is 568 cm³/mol. The maximum Gasteiger partial charge on any atom is 0.138 e. The third-order valence-electron chi connectivity index (χ3n) is 23.4. The molecule has 632 valence electrons. The van der Waals surface area contributed by atoms with Crippen molar-refractivity contribution < 1.29 is 13.3 Å². The molecule has 22 aromatic rings. The largest absolute Gasteiger partial charge is 0.456 e. The van der Waals surface area contributed by atoms with E-state index in [1.807, 2.05) is 77.3 Å². The highest BCUT2D eigenvalue weighted by atomic mass is 32.1. The van der Waals surface area contributed by atoms with Crippen molar-refractivity contribution >= 4 is 169 Å². The number of para-hydroxylation sites is 4. The summed E-state index contributed by atoms with van der Waals surface area (Å²) in [6, 6.07) is 135. The van der Waals surface area contributed by atoms with Gasteiger partial charge in [-0.3, -0.25) is 0 Å². The Morgan fingerprint density at radius 3 is 1.20 bits per heavy atom. The minimum absolute atomic E-state index is 0.946. The smallest absolute Gasteiger partial charge is 0.138 e. The number of rotatable bonds is 7. The zero-order valence-corrected chi connectivity index (χ0v) is 81.0. The summed E-state index contributed by atoms with van der Waals surface area (Å²) in [5.74, 6) is 0. The molecule has 0 amide bonds. The molecule has 0 aliphatic heterocycles. The molecule has 0 radical (unpaired) electrons. The van der Waals surface area contributed by atoms with Gasteiger partial charge >= 0.3 is 0 Å². The number of thiophene rings is 2. The van der Waals surface area contributed by atoms with Crippen molar-refractivity contribution in [1.29, 1.82) is 0 Å². The molecule has 5 aromatic heterocycles.